The Morgan fingerprint density at radius 3 is 2.31 bits per heavy atom. The quantitative estimate of drug-likeness (QED) is 0.400. The van der Waals surface area contributed by atoms with Crippen LogP contribution in [-0.2, 0) is 11.3 Å². The second-order valence-corrected chi connectivity index (χ2v) is 7.90. The molecule has 0 atom stereocenters. The van der Waals surface area contributed by atoms with Crippen LogP contribution in [0.5, 0.6) is 11.5 Å². The van der Waals surface area contributed by atoms with E-state index in [4.69, 9.17) is 9.47 Å². The molecule has 176 valence electrons. The van der Waals surface area contributed by atoms with E-state index in [1.54, 1.807) is 42.6 Å². The van der Waals surface area contributed by atoms with E-state index in [-0.39, 0.29) is 30.5 Å². The summed E-state index contributed by atoms with van der Waals surface area (Å²) in [4.78, 5) is 28.1. The Hall–Kier alpha value is -4.46. The molecule has 8 heteroatoms. The summed E-state index contributed by atoms with van der Waals surface area (Å²) in [7, 11) is 0. The van der Waals surface area contributed by atoms with Gasteiger partial charge in [-0.1, -0.05) is 42.5 Å². The zero-order chi connectivity index (χ0) is 24.4. The molecule has 0 bridgehead atoms. The van der Waals surface area contributed by atoms with E-state index in [9.17, 15) is 18.4 Å². The van der Waals surface area contributed by atoms with Gasteiger partial charge in [-0.2, -0.15) is 0 Å². The molecule has 1 aliphatic rings. The summed E-state index contributed by atoms with van der Waals surface area (Å²) < 4.78 is 38.2. The fraction of sp³-hybridized carbons (Fsp3) is 0.111. The minimum absolute atomic E-state index is 0.0935. The Balaban J connectivity index is 1.71. The van der Waals surface area contributed by atoms with E-state index in [0.29, 0.717) is 22.6 Å². The van der Waals surface area contributed by atoms with Crippen LogP contribution in [0.1, 0.15) is 5.56 Å². The molecule has 0 saturated carbocycles. The lowest BCUT2D eigenvalue weighted by Gasteiger charge is -2.31. The number of hydrogen-bond acceptors (Lipinski definition) is 4. The molecule has 1 aromatic heterocycles. The molecule has 5 rings (SSSR count). The molecule has 0 N–H and O–H groups in total. The summed E-state index contributed by atoms with van der Waals surface area (Å²) in [6.45, 7) is -1.02. The number of alkyl halides is 1. The third-order valence-corrected chi connectivity index (χ3v) is 5.73. The van der Waals surface area contributed by atoms with Crippen molar-refractivity contribution >= 4 is 11.6 Å². The smallest absolute Gasteiger partial charge is 0.282 e. The highest BCUT2D eigenvalue weighted by Crippen LogP contribution is 2.39. The Morgan fingerprint density at radius 2 is 1.63 bits per heavy atom. The summed E-state index contributed by atoms with van der Waals surface area (Å²) in [6.07, 6.45) is 1.59. The van der Waals surface area contributed by atoms with Crippen LogP contribution in [0.15, 0.2) is 89.9 Å². The maximum Gasteiger partial charge on any atom is 0.282 e. The standard InChI is InChI=1S/C27H20F2N2O4/c28-17-35-22-12-10-21(11-13-22)30-15-23(19-6-8-20(29)9-7-19)26-25(27(30)33)31(24(32)16-34-26)14-18-4-2-1-3-5-18/h1-13,15H,14,16-17H2. The van der Waals surface area contributed by atoms with Crippen molar-refractivity contribution in [2.75, 3.05) is 18.4 Å². The molecule has 2 heterocycles. The van der Waals surface area contributed by atoms with Gasteiger partial charge in [0.2, 0.25) is 6.86 Å². The summed E-state index contributed by atoms with van der Waals surface area (Å²) in [5.74, 6) is -0.190. The van der Waals surface area contributed by atoms with Gasteiger partial charge in [0.15, 0.2) is 18.0 Å². The number of ether oxygens (including phenoxy) is 2. The number of anilines is 1. The van der Waals surface area contributed by atoms with Crippen molar-refractivity contribution in [2.45, 2.75) is 6.54 Å². The molecule has 35 heavy (non-hydrogen) atoms. The van der Waals surface area contributed by atoms with Crippen LogP contribution in [-0.4, -0.2) is 23.9 Å². The van der Waals surface area contributed by atoms with Crippen molar-refractivity contribution in [3.8, 4) is 28.3 Å². The zero-order valence-corrected chi connectivity index (χ0v) is 18.5. The van der Waals surface area contributed by atoms with Crippen molar-refractivity contribution in [2.24, 2.45) is 0 Å². The predicted molar refractivity (Wildman–Crippen MR) is 127 cm³/mol. The van der Waals surface area contributed by atoms with Crippen molar-refractivity contribution in [3.05, 3.63) is 107 Å². The number of nitrogens with zero attached hydrogens (tertiary/aromatic N) is 2. The van der Waals surface area contributed by atoms with Crippen LogP contribution in [0.3, 0.4) is 0 Å². The van der Waals surface area contributed by atoms with Gasteiger partial charge >= 0.3 is 0 Å². The SMILES string of the molecule is O=C1COc2c(-c3ccc(F)cc3)cn(-c3ccc(OCF)cc3)c(=O)c2N1Cc1ccccc1. The molecule has 0 fully saturated rings. The fourth-order valence-electron chi connectivity index (χ4n) is 4.03. The Bertz CT molecular complexity index is 1420. The zero-order valence-electron chi connectivity index (χ0n) is 18.5. The van der Waals surface area contributed by atoms with Gasteiger partial charge < -0.3 is 9.47 Å². The van der Waals surface area contributed by atoms with Crippen LogP contribution in [0.25, 0.3) is 16.8 Å². The molecule has 0 unspecified atom stereocenters. The number of pyridine rings is 1. The third-order valence-electron chi connectivity index (χ3n) is 5.73. The van der Waals surface area contributed by atoms with E-state index in [0.717, 1.165) is 5.56 Å². The number of amides is 1. The summed E-state index contributed by atoms with van der Waals surface area (Å²) >= 11 is 0. The number of carbonyl (C=O) groups excluding carboxylic acids is 1. The minimum atomic E-state index is -0.971. The molecule has 0 saturated heterocycles. The van der Waals surface area contributed by atoms with Crippen molar-refractivity contribution in [1.29, 1.82) is 0 Å². The van der Waals surface area contributed by atoms with Crippen molar-refractivity contribution < 1.29 is 23.0 Å². The largest absolute Gasteiger partial charge is 0.481 e. The first-order valence-corrected chi connectivity index (χ1v) is 10.9. The maximum atomic E-state index is 13.7. The molecule has 3 aromatic carbocycles. The number of aromatic nitrogens is 1. The van der Waals surface area contributed by atoms with E-state index in [1.807, 2.05) is 30.3 Å². The lowest BCUT2D eigenvalue weighted by atomic mass is 10.0. The highest BCUT2D eigenvalue weighted by molar-refractivity contribution is 5.99. The first kappa shape index (κ1) is 22.3. The Morgan fingerprint density at radius 1 is 0.914 bits per heavy atom. The lowest BCUT2D eigenvalue weighted by Crippen LogP contribution is -2.43. The number of halogens is 2. The van der Waals surface area contributed by atoms with Crippen LogP contribution in [0, 0.1) is 5.82 Å². The normalized spacial score (nSPS) is 12.7. The first-order chi connectivity index (χ1) is 17.0. The van der Waals surface area contributed by atoms with Gasteiger partial charge in [-0.05, 0) is 47.5 Å². The molecule has 4 aromatic rings. The number of rotatable bonds is 6. The molecule has 0 aliphatic carbocycles. The predicted octanol–water partition coefficient (Wildman–Crippen LogP) is 4.88. The number of hydrogen-bond donors (Lipinski definition) is 0. The van der Waals surface area contributed by atoms with Crippen molar-refractivity contribution in [3.63, 3.8) is 0 Å². The van der Waals surface area contributed by atoms with E-state index >= 15 is 0 Å². The van der Waals surface area contributed by atoms with Crippen LogP contribution < -0.4 is 19.9 Å². The average Bonchev–Trinajstić information content (AvgIpc) is 2.88. The number of carbonyl (C=O) groups is 1. The van der Waals surface area contributed by atoms with Gasteiger partial charge in [0.05, 0.1) is 6.54 Å². The second-order valence-electron chi connectivity index (χ2n) is 7.90. The van der Waals surface area contributed by atoms with Gasteiger partial charge in [0.1, 0.15) is 11.6 Å². The van der Waals surface area contributed by atoms with Gasteiger partial charge in [-0.3, -0.25) is 19.1 Å². The molecule has 1 aliphatic heterocycles. The Labute approximate surface area is 199 Å². The third kappa shape index (κ3) is 4.38. The van der Waals surface area contributed by atoms with Crippen molar-refractivity contribution in [1.82, 2.24) is 4.57 Å². The highest BCUT2D eigenvalue weighted by atomic mass is 19.1. The van der Waals surface area contributed by atoms with E-state index in [1.165, 1.54) is 21.6 Å². The number of benzene rings is 3. The summed E-state index contributed by atoms with van der Waals surface area (Å²) in [5, 5.41) is 0. The minimum Gasteiger partial charge on any atom is -0.481 e. The fourth-order valence-corrected chi connectivity index (χ4v) is 4.03. The van der Waals surface area contributed by atoms with Gasteiger partial charge in [-0.25, -0.2) is 8.78 Å². The second kappa shape index (κ2) is 9.42. The average molecular weight is 474 g/mol. The first-order valence-electron chi connectivity index (χ1n) is 10.9. The molecule has 1 amide bonds. The molecule has 0 radical (unpaired) electrons. The van der Waals surface area contributed by atoms with E-state index in [2.05, 4.69) is 0 Å². The van der Waals surface area contributed by atoms with Crippen LogP contribution in [0.4, 0.5) is 14.5 Å². The highest BCUT2D eigenvalue weighted by Gasteiger charge is 2.32. The van der Waals surface area contributed by atoms with E-state index < -0.39 is 18.2 Å². The van der Waals surface area contributed by atoms with Crippen LogP contribution in [0.2, 0.25) is 0 Å². The van der Waals surface area contributed by atoms with Gasteiger partial charge in [0, 0.05) is 17.4 Å². The number of fused-ring (bicyclic) bond motifs is 1. The van der Waals surface area contributed by atoms with Gasteiger partial charge in [-0.15, -0.1) is 0 Å². The topological polar surface area (TPSA) is 60.8 Å². The molecular weight excluding hydrogens is 454 g/mol. The van der Waals surface area contributed by atoms with Crippen LogP contribution >= 0.6 is 0 Å². The molecule has 0 spiro atoms. The molecule has 6 nitrogen and oxygen atoms in total. The van der Waals surface area contributed by atoms with Gasteiger partial charge in [0.25, 0.3) is 11.5 Å². The summed E-state index contributed by atoms with van der Waals surface area (Å²) in [5.41, 5.74) is 2.09. The lowest BCUT2D eigenvalue weighted by molar-refractivity contribution is -0.121. The maximum absolute atomic E-state index is 13.7. The monoisotopic (exact) mass is 474 g/mol. The Kier molecular flexibility index (Phi) is 6.01. The summed E-state index contributed by atoms with van der Waals surface area (Å²) in [6, 6.07) is 21.4. The molecular formula is C27H20F2N2O4.